The van der Waals surface area contributed by atoms with E-state index in [2.05, 4.69) is 40.1 Å². The van der Waals surface area contributed by atoms with Gasteiger partial charge in [0.1, 0.15) is 6.33 Å². The van der Waals surface area contributed by atoms with Crippen LogP contribution >= 0.6 is 15.9 Å². The van der Waals surface area contributed by atoms with Crippen LogP contribution in [-0.4, -0.2) is 44.0 Å². The van der Waals surface area contributed by atoms with Crippen molar-refractivity contribution in [1.29, 1.82) is 0 Å². The molecule has 1 heterocycles. The normalized spacial score (nSPS) is 12.5. The number of nitrogens with one attached hydrogen (secondary N) is 1. The summed E-state index contributed by atoms with van der Waals surface area (Å²) in [5.41, 5.74) is 0.394. The highest BCUT2D eigenvalue weighted by atomic mass is 79.9. The Kier molecular flexibility index (Phi) is 7.06. The van der Waals surface area contributed by atoms with Crippen molar-refractivity contribution in [1.82, 2.24) is 9.97 Å². The molecule has 166 valence electrons. The van der Waals surface area contributed by atoms with E-state index >= 15 is 0 Å². The average Bonchev–Trinajstić information content (AvgIpc) is 2.60. The average molecular weight is 524 g/mol. The van der Waals surface area contributed by atoms with Crippen LogP contribution in [0.5, 0.6) is 11.8 Å². The molecular formula is C15H12BrF6N3O4S. The smallest absolute Gasteiger partial charge is 0.422 e. The zero-order valence-electron chi connectivity index (χ0n) is 14.8. The van der Waals surface area contributed by atoms with Crippen molar-refractivity contribution in [2.45, 2.75) is 24.2 Å². The summed E-state index contributed by atoms with van der Waals surface area (Å²) < 4.78 is 112. The first-order valence-corrected chi connectivity index (χ1v) is 9.99. The van der Waals surface area contributed by atoms with E-state index in [1.807, 2.05) is 0 Å². The second-order valence-corrected chi connectivity index (χ2v) is 8.11. The maximum Gasteiger partial charge on any atom is 0.422 e. The van der Waals surface area contributed by atoms with Crippen molar-refractivity contribution in [3.8, 4) is 11.8 Å². The van der Waals surface area contributed by atoms with Crippen LogP contribution in [0, 0.1) is 6.92 Å². The van der Waals surface area contributed by atoms with Crippen molar-refractivity contribution in [3.05, 3.63) is 34.6 Å². The largest absolute Gasteiger partial charge is 0.467 e. The van der Waals surface area contributed by atoms with Crippen LogP contribution in [0.3, 0.4) is 0 Å². The Morgan fingerprint density at radius 2 is 1.50 bits per heavy atom. The second kappa shape index (κ2) is 8.83. The number of sulfonamides is 1. The molecule has 1 N–H and O–H groups in total. The van der Waals surface area contributed by atoms with Crippen LogP contribution in [0.15, 0.2) is 33.9 Å². The van der Waals surface area contributed by atoms with Gasteiger partial charge in [-0.2, -0.15) is 26.3 Å². The molecule has 0 aliphatic rings. The highest BCUT2D eigenvalue weighted by Crippen LogP contribution is 2.34. The summed E-state index contributed by atoms with van der Waals surface area (Å²) in [5.74, 6) is -2.25. The molecule has 0 atom stereocenters. The quantitative estimate of drug-likeness (QED) is 0.546. The number of aromatic nitrogens is 2. The number of nitrogens with zero attached hydrogens (tertiary/aromatic N) is 2. The number of hydrogen-bond donors (Lipinski definition) is 1. The third kappa shape index (κ3) is 6.62. The van der Waals surface area contributed by atoms with Gasteiger partial charge < -0.3 is 9.47 Å². The van der Waals surface area contributed by atoms with Gasteiger partial charge in [0, 0.05) is 4.47 Å². The minimum Gasteiger partial charge on any atom is -0.467 e. The third-order valence-corrected chi connectivity index (χ3v) is 5.50. The van der Waals surface area contributed by atoms with Crippen LogP contribution in [0.1, 0.15) is 5.56 Å². The van der Waals surface area contributed by atoms with Crippen LogP contribution in [0.2, 0.25) is 0 Å². The van der Waals surface area contributed by atoms with E-state index in [9.17, 15) is 34.8 Å². The fourth-order valence-corrected chi connectivity index (χ4v) is 3.65. The Hall–Kier alpha value is -2.29. The Bertz CT molecular complexity index is 978. The Labute approximate surface area is 174 Å². The van der Waals surface area contributed by atoms with Crippen molar-refractivity contribution in [2.75, 3.05) is 17.9 Å². The zero-order chi connectivity index (χ0) is 22.7. The third-order valence-electron chi connectivity index (χ3n) is 3.26. The number of halogens is 7. The monoisotopic (exact) mass is 523 g/mol. The molecule has 0 aliphatic heterocycles. The number of hydrogen-bond acceptors (Lipinski definition) is 6. The van der Waals surface area contributed by atoms with Crippen molar-refractivity contribution < 1.29 is 44.2 Å². The predicted molar refractivity (Wildman–Crippen MR) is 94.8 cm³/mol. The van der Waals surface area contributed by atoms with Gasteiger partial charge in [0.15, 0.2) is 13.2 Å². The first-order valence-electron chi connectivity index (χ1n) is 7.71. The Morgan fingerprint density at radius 1 is 1.00 bits per heavy atom. The molecule has 0 unspecified atom stereocenters. The van der Waals surface area contributed by atoms with Crippen LogP contribution in [0.4, 0.5) is 32.0 Å². The summed E-state index contributed by atoms with van der Waals surface area (Å²) >= 11 is 3.17. The van der Waals surface area contributed by atoms with Gasteiger partial charge >= 0.3 is 12.4 Å². The lowest BCUT2D eigenvalue weighted by Crippen LogP contribution is -2.24. The van der Waals surface area contributed by atoms with Gasteiger partial charge in [0.25, 0.3) is 10.0 Å². The maximum absolute atomic E-state index is 12.8. The summed E-state index contributed by atoms with van der Waals surface area (Å²) in [4.78, 5) is 5.41. The van der Waals surface area contributed by atoms with E-state index in [4.69, 9.17) is 0 Å². The molecule has 15 heteroatoms. The highest BCUT2D eigenvalue weighted by molar-refractivity contribution is 9.10. The van der Waals surface area contributed by atoms with Crippen molar-refractivity contribution >= 4 is 31.6 Å². The van der Waals surface area contributed by atoms with Gasteiger partial charge in [0.05, 0.1) is 5.69 Å². The van der Waals surface area contributed by atoms with Crippen LogP contribution in [0.25, 0.3) is 0 Å². The van der Waals surface area contributed by atoms with E-state index in [1.165, 1.54) is 19.1 Å². The molecule has 0 aliphatic carbocycles. The maximum atomic E-state index is 12.8. The van der Waals surface area contributed by atoms with E-state index < -0.39 is 52.2 Å². The fourth-order valence-electron chi connectivity index (χ4n) is 1.99. The molecule has 0 amide bonds. The highest BCUT2D eigenvalue weighted by Gasteiger charge is 2.35. The molecule has 30 heavy (non-hydrogen) atoms. The second-order valence-electron chi connectivity index (χ2n) is 5.64. The number of benzene rings is 1. The molecule has 0 spiro atoms. The molecule has 0 saturated heterocycles. The first kappa shape index (κ1) is 24.0. The zero-order valence-corrected chi connectivity index (χ0v) is 17.2. The molecule has 7 nitrogen and oxygen atoms in total. The van der Waals surface area contributed by atoms with E-state index in [0.29, 0.717) is 16.4 Å². The van der Waals surface area contributed by atoms with Gasteiger partial charge in [0.2, 0.25) is 16.7 Å². The molecule has 1 aromatic heterocycles. The standard InChI is InChI=1S/C15H12BrF6N3O4S/c1-8-9(16)3-2-4-10(8)25-30(26,27)11-12(28-5-14(17,18)19)23-7-24-13(11)29-6-15(20,21)22/h2-4,7,25H,5-6H2,1H3. The lowest BCUT2D eigenvalue weighted by molar-refractivity contribution is -0.155. The molecule has 0 bridgehead atoms. The molecule has 2 rings (SSSR count). The summed E-state index contributed by atoms with van der Waals surface area (Å²) in [5, 5.41) is 0. The molecule has 1 aromatic carbocycles. The topological polar surface area (TPSA) is 90.4 Å². The predicted octanol–water partition coefficient (Wildman–Crippen LogP) is 4.23. The van der Waals surface area contributed by atoms with Crippen LogP contribution in [-0.2, 0) is 10.0 Å². The lowest BCUT2D eigenvalue weighted by Gasteiger charge is -2.17. The summed E-state index contributed by atoms with van der Waals surface area (Å²) in [6.07, 6.45) is -9.22. The van der Waals surface area contributed by atoms with Gasteiger partial charge in [-0.05, 0) is 24.6 Å². The lowest BCUT2D eigenvalue weighted by atomic mass is 10.2. The molecular weight excluding hydrogens is 512 g/mol. The van der Waals surface area contributed by atoms with Crippen LogP contribution < -0.4 is 14.2 Å². The van der Waals surface area contributed by atoms with E-state index in [1.54, 1.807) is 6.07 Å². The van der Waals surface area contributed by atoms with Crippen molar-refractivity contribution in [2.24, 2.45) is 0 Å². The number of ether oxygens (including phenoxy) is 2. The SMILES string of the molecule is Cc1c(Br)cccc1NS(=O)(=O)c1c(OCC(F)(F)F)ncnc1OCC(F)(F)F. The minimum atomic E-state index is -4.87. The van der Waals surface area contributed by atoms with E-state index in [-0.39, 0.29) is 5.69 Å². The Morgan fingerprint density at radius 3 is 1.97 bits per heavy atom. The summed E-state index contributed by atoms with van der Waals surface area (Å²) in [6, 6.07) is 4.38. The first-order chi connectivity index (χ1) is 13.7. The number of rotatable bonds is 7. The van der Waals surface area contributed by atoms with Gasteiger partial charge in [-0.1, -0.05) is 22.0 Å². The van der Waals surface area contributed by atoms with Gasteiger partial charge in [-0.3, -0.25) is 4.72 Å². The number of anilines is 1. The molecule has 0 radical (unpaired) electrons. The Balaban J connectivity index is 2.52. The number of alkyl halides is 6. The van der Waals surface area contributed by atoms with Gasteiger partial charge in [-0.25, -0.2) is 18.4 Å². The minimum absolute atomic E-state index is 0.00299. The fraction of sp³-hybridized carbons (Fsp3) is 0.333. The van der Waals surface area contributed by atoms with Gasteiger partial charge in [-0.15, -0.1) is 0 Å². The van der Waals surface area contributed by atoms with E-state index in [0.717, 1.165) is 0 Å². The molecule has 0 fully saturated rings. The molecule has 2 aromatic rings. The summed E-state index contributed by atoms with van der Waals surface area (Å²) in [6.45, 7) is -2.37. The van der Waals surface area contributed by atoms with Crippen molar-refractivity contribution in [3.63, 3.8) is 0 Å². The summed E-state index contributed by atoms with van der Waals surface area (Å²) in [7, 11) is -4.83. The molecule has 0 saturated carbocycles.